The zero-order valence-electron chi connectivity index (χ0n) is 13.7. The molecule has 3 rings (SSSR count). The molecular weight excluding hydrogens is 300 g/mol. The predicted molar refractivity (Wildman–Crippen MR) is 94.0 cm³/mol. The van der Waals surface area contributed by atoms with Crippen molar-refractivity contribution in [2.24, 2.45) is 5.92 Å². The lowest BCUT2D eigenvalue weighted by Gasteiger charge is -2.32. The standard InChI is InChI=1S/C19H20N4O/c1-14-5-4-10-23(13-14)16-8-9-18(21-12-16)19(24)22-17-7-3-2-6-15(17)11-20/h2-3,6-9,12,14H,4-5,10,13H2,1H3,(H,22,24). The number of hydrogen-bond acceptors (Lipinski definition) is 4. The number of pyridine rings is 1. The fraction of sp³-hybridized carbons (Fsp3) is 0.316. The molecule has 1 amide bonds. The number of benzene rings is 1. The normalized spacial score (nSPS) is 17.2. The summed E-state index contributed by atoms with van der Waals surface area (Å²) in [5, 5.41) is 11.8. The molecule has 24 heavy (non-hydrogen) atoms. The Bertz CT molecular complexity index is 764. The van der Waals surface area contributed by atoms with Crippen LogP contribution in [0.4, 0.5) is 11.4 Å². The molecule has 0 aliphatic carbocycles. The minimum atomic E-state index is -0.309. The van der Waals surface area contributed by atoms with Gasteiger partial charge in [0.1, 0.15) is 11.8 Å². The third-order valence-corrected chi connectivity index (χ3v) is 4.30. The number of carbonyl (C=O) groups excluding carboxylic acids is 1. The zero-order chi connectivity index (χ0) is 16.9. The third kappa shape index (κ3) is 3.54. The highest BCUT2D eigenvalue weighted by molar-refractivity contribution is 6.03. The van der Waals surface area contributed by atoms with Gasteiger partial charge in [-0.3, -0.25) is 4.79 Å². The van der Waals surface area contributed by atoms with Crippen LogP contribution in [0.2, 0.25) is 0 Å². The Labute approximate surface area is 141 Å². The third-order valence-electron chi connectivity index (χ3n) is 4.30. The number of piperidine rings is 1. The SMILES string of the molecule is CC1CCCN(c2ccc(C(=O)Nc3ccccc3C#N)nc2)C1. The molecule has 122 valence electrons. The van der Waals surface area contributed by atoms with Gasteiger partial charge in [-0.25, -0.2) is 4.98 Å². The van der Waals surface area contributed by atoms with E-state index in [9.17, 15) is 4.79 Å². The van der Waals surface area contributed by atoms with E-state index in [4.69, 9.17) is 5.26 Å². The van der Waals surface area contributed by atoms with E-state index in [-0.39, 0.29) is 5.91 Å². The molecule has 1 aromatic heterocycles. The van der Waals surface area contributed by atoms with E-state index in [0.717, 1.165) is 18.8 Å². The Balaban J connectivity index is 1.71. The number of nitrogens with zero attached hydrogens (tertiary/aromatic N) is 3. The number of rotatable bonds is 3. The first-order valence-electron chi connectivity index (χ1n) is 8.19. The summed E-state index contributed by atoms with van der Waals surface area (Å²) in [6.07, 6.45) is 4.21. The van der Waals surface area contributed by atoms with Crippen molar-refractivity contribution in [3.05, 3.63) is 53.9 Å². The molecule has 2 aromatic rings. The van der Waals surface area contributed by atoms with Crippen LogP contribution in [0, 0.1) is 17.2 Å². The van der Waals surface area contributed by atoms with E-state index in [1.54, 1.807) is 36.5 Å². The summed E-state index contributed by atoms with van der Waals surface area (Å²) in [4.78, 5) is 18.9. The number of aromatic nitrogens is 1. The molecule has 1 aliphatic rings. The summed E-state index contributed by atoms with van der Waals surface area (Å²) in [5.41, 5.74) is 2.33. The molecule has 5 nitrogen and oxygen atoms in total. The molecule has 1 fully saturated rings. The van der Waals surface area contributed by atoms with Crippen molar-refractivity contribution in [2.45, 2.75) is 19.8 Å². The van der Waals surface area contributed by atoms with Gasteiger partial charge in [-0.1, -0.05) is 19.1 Å². The van der Waals surface area contributed by atoms with E-state index < -0.39 is 0 Å². The van der Waals surface area contributed by atoms with Crippen LogP contribution in [0.15, 0.2) is 42.6 Å². The summed E-state index contributed by atoms with van der Waals surface area (Å²) in [6.45, 7) is 4.32. The number of nitrogens with one attached hydrogen (secondary N) is 1. The molecule has 5 heteroatoms. The van der Waals surface area contributed by atoms with Gasteiger partial charge in [0.25, 0.3) is 5.91 Å². The maximum atomic E-state index is 12.3. The average molecular weight is 320 g/mol. The van der Waals surface area contributed by atoms with Gasteiger partial charge in [-0.2, -0.15) is 5.26 Å². The zero-order valence-corrected chi connectivity index (χ0v) is 13.7. The summed E-state index contributed by atoms with van der Waals surface area (Å²) < 4.78 is 0. The Morgan fingerprint density at radius 1 is 1.33 bits per heavy atom. The van der Waals surface area contributed by atoms with Gasteiger partial charge in [0.15, 0.2) is 0 Å². The Hall–Kier alpha value is -2.87. The van der Waals surface area contributed by atoms with E-state index in [0.29, 0.717) is 22.9 Å². The molecule has 0 radical (unpaired) electrons. The van der Waals surface area contributed by atoms with E-state index >= 15 is 0 Å². The van der Waals surface area contributed by atoms with Crippen molar-refractivity contribution in [1.29, 1.82) is 5.26 Å². The minimum absolute atomic E-state index is 0.309. The van der Waals surface area contributed by atoms with Crippen LogP contribution in [-0.4, -0.2) is 24.0 Å². The number of anilines is 2. The van der Waals surface area contributed by atoms with E-state index in [2.05, 4.69) is 28.2 Å². The van der Waals surface area contributed by atoms with Crippen molar-refractivity contribution in [3.63, 3.8) is 0 Å². The quantitative estimate of drug-likeness (QED) is 0.940. The fourth-order valence-corrected chi connectivity index (χ4v) is 3.01. The summed E-state index contributed by atoms with van der Waals surface area (Å²) in [5.74, 6) is 0.375. The molecular formula is C19H20N4O. The lowest BCUT2D eigenvalue weighted by atomic mass is 10.00. The van der Waals surface area contributed by atoms with Crippen LogP contribution in [-0.2, 0) is 0 Å². The predicted octanol–water partition coefficient (Wildman–Crippen LogP) is 3.44. The number of hydrogen-bond donors (Lipinski definition) is 1. The van der Waals surface area contributed by atoms with Crippen molar-refractivity contribution in [3.8, 4) is 6.07 Å². The van der Waals surface area contributed by atoms with Crippen molar-refractivity contribution < 1.29 is 4.79 Å². The highest BCUT2D eigenvalue weighted by Crippen LogP contribution is 2.22. The number of amides is 1. The first kappa shape index (κ1) is 16.0. The molecule has 1 aliphatic heterocycles. The Morgan fingerprint density at radius 3 is 2.88 bits per heavy atom. The monoisotopic (exact) mass is 320 g/mol. The maximum absolute atomic E-state index is 12.3. The van der Waals surface area contributed by atoms with Crippen LogP contribution >= 0.6 is 0 Å². The molecule has 1 saturated heterocycles. The van der Waals surface area contributed by atoms with Gasteiger partial charge < -0.3 is 10.2 Å². The molecule has 0 bridgehead atoms. The van der Waals surface area contributed by atoms with Gasteiger partial charge in [0.2, 0.25) is 0 Å². The minimum Gasteiger partial charge on any atom is -0.370 e. The van der Waals surface area contributed by atoms with E-state index in [1.807, 2.05) is 6.07 Å². The summed E-state index contributed by atoms with van der Waals surface area (Å²) in [7, 11) is 0. The molecule has 2 heterocycles. The highest BCUT2D eigenvalue weighted by atomic mass is 16.1. The van der Waals surface area contributed by atoms with Gasteiger partial charge >= 0.3 is 0 Å². The van der Waals surface area contributed by atoms with Gasteiger partial charge in [0.05, 0.1) is 23.1 Å². The number of nitriles is 1. The number of carbonyl (C=O) groups is 1. The topological polar surface area (TPSA) is 69.0 Å². The maximum Gasteiger partial charge on any atom is 0.274 e. The second kappa shape index (κ2) is 7.14. The molecule has 1 unspecified atom stereocenters. The second-order valence-electron chi connectivity index (χ2n) is 6.21. The van der Waals surface area contributed by atoms with Crippen molar-refractivity contribution in [2.75, 3.05) is 23.3 Å². The Morgan fingerprint density at radius 2 is 2.17 bits per heavy atom. The molecule has 1 aromatic carbocycles. The smallest absolute Gasteiger partial charge is 0.274 e. The van der Waals surface area contributed by atoms with E-state index in [1.165, 1.54) is 12.8 Å². The summed E-state index contributed by atoms with van der Waals surface area (Å²) >= 11 is 0. The highest BCUT2D eigenvalue weighted by Gasteiger charge is 2.17. The van der Waals surface area contributed by atoms with Crippen LogP contribution in [0.1, 0.15) is 35.8 Å². The van der Waals surface area contributed by atoms with Crippen molar-refractivity contribution in [1.82, 2.24) is 4.98 Å². The Kier molecular flexibility index (Phi) is 4.76. The molecule has 1 atom stereocenters. The summed E-state index contributed by atoms with van der Waals surface area (Å²) in [6, 6.07) is 12.7. The van der Waals surface area contributed by atoms with Gasteiger partial charge in [-0.05, 0) is 43.0 Å². The first-order valence-corrected chi connectivity index (χ1v) is 8.19. The lowest BCUT2D eigenvalue weighted by Crippen LogP contribution is -2.34. The van der Waals surface area contributed by atoms with Crippen LogP contribution in [0.3, 0.4) is 0 Å². The van der Waals surface area contributed by atoms with Gasteiger partial charge in [-0.15, -0.1) is 0 Å². The van der Waals surface area contributed by atoms with Crippen LogP contribution < -0.4 is 10.2 Å². The fourth-order valence-electron chi connectivity index (χ4n) is 3.01. The molecule has 0 saturated carbocycles. The largest absolute Gasteiger partial charge is 0.370 e. The van der Waals surface area contributed by atoms with Gasteiger partial charge in [0, 0.05) is 13.1 Å². The van der Waals surface area contributed by atoms with Crippen LogP contribution in [0.5, 0.6) is 0 Å². The average Bonchev–Trinajstić information content (AvgIpc) is 2.62. The molecule has 1 N–H and O–H groups in total. The molecule has 0 spiro atoms. The van der Waals surface area contributed by atoms with Crippen molar-refractivity contribution >= 4 is 17.3 Å². The first-order chi connectivity index (χ1) is 11.7. The van der Waals surface area contributed by atoms with Crippen LogP contribution in [0.25, 0.3) is 0 Å². The number of para-hydroxylation sites is 1. The lowest BCUT2D eigenvalue weighted by molar-refractivity contribution is 0.102. The second-order valence-corrected chi connectivity index (χ2v) is 6.21.